The molecule has 24 heavy (non-hydrogen) atoms. The summed E-state index contributed by atoms with van der Waals surface area (Å²) in [4.78, 5) is 26.9. The highest BCUT2D eigenvalue weighted by Gasteiger charge is 2.13. The minimum atomic E-state index is -0.148. The normalized spacial score (nSPS) is 10.5. The molecule has 0 aliphatic rings. The van der Waals surface area contributed by atoms with Gasteiger partial charge in [-0.15, -0.1) is 11.8 Å². The minimum Gasteiger partial charge on any atom is -0.345 e. The van der Waals surface area contributed by atoms with Gasteiger partial charge in [-0.2, -0.15) is 0 Å². The number of benzene rings is 2. The number of hydrogen-bond donors (Lipinski definition) is 1. The number of amides is 2. The van der Waals surface area contributed by atoms with E-state index in [2.05, 4.69) is 19.2 Å². The van der Waals surface area contributed by atoms with Gasteiger partial charge in [-0.3, -0.25) is 9.59 Å². The Balaban J connectivity index is 2.14. The first-order valence-corrected chi connectivity index (χ1v) is 8.65. The molecule has 4 nitrogen and oxygen atoms in total. The second-order valence-corrected chi connectivity index (χ2v) is 7.51. The molecule has 0 bridgehead atoms. The molecule has 2 aromatic carbocycles. The third-order valence-corrected chi connectivity index (χ3v) is 4.37. The van der Waals surface area contributed by atoms with Gasteiger partial charge in [-0.25, -0.2) is 0 Å². The fraction of sp³-hybridized carbons (Fsp3) is 0.263. The maximum Gasteiger partial charge on any atom is 0.256 e. The minimum absolute atomic E-state index is 0.0634. The first-order valence-electron chi connectivity index (χ1n) is 7.77. The number of anilines is 1. The maximum atomic E-state index is 12.5. The molecule has 0 heterocycles. The molecular formula is C19H22N2O2S. The fourth-order valence-corrected chi connectivity index (χ4v) is 3.12. The Kier molecular flexibility index (Phi) is 6.04. The zero-order chi connectivity index (χ0) is 17.7. The van der Waals surface area contributed by atoms with Crippen LogP contribution in [-0.2, 0) is 0 Å². The number of thioether (sulfide) groups is 1. The molecule has 0 unspecified atom stereocenters. The molecule has 2 amide bonds. The van der Waals surface area contributed by atoms with Crippen LogP contribution in [0.3, 0.4) is 0 Å². The van der Waals surface area contributed by atoms with Gasteiger partial charge in [-0.05, 0) is 36.4 Å². The number of nitrogens with one attached hydrogen (secondary N) is 1. The van der Waals surface area contributed by atoms with Crippen LogP contribution in [0.2, 0.25) is 0 Å². The van der Waals surface area contributed by atoms with Gasteiger partial charge in [0.2, 0.25) is 0 Å². The van der Waals surface area contributed by atoms with Crippen molar-refractivity contribution in [2.24, 2.45) is 0 Å². The van der Waals surface area contributed by atoms with Crippen LogP contribution in [-0.4, -0.2) is 36.1 Å². The summed E-state index contributed by atoms with van der Waals surface area (Å²) < 4.78 is 0. The maximum absolute atomic E-state index is 12.5. The average molecular weight is 342 g/mol. The molecule has 1 N–H and O–H groups in total. The highest BCUT2D eigenvalue weighted by molar-refractivity contribution is 8.00. The molecule has 0 radical (unpaired) electrons. The van der Waals surface area contributed by atoms with E-state index in [0.717, 1.165) is 4.90 Å². The van der Waals surface area contributed by atoms with E-state index >= 15 is 0 Å². The Hall–Kier alpha value is -2.27. The van der Waals surface area contributed by atoms with Crippen LogP contribution in [0.5, 0.6) is 0 Å². The van der Waals surface area contributed by atoms with Crippen molar-refractivity contribution in [3.8, 4) is 0 Å². The lowest BCUT2D eigenvalue weighted by atomic mass is 10.1. The zero-order valence-electron chi connectivity index (χ0n) is 14.4. The standard InChI is InChI=1S/C19H22N2O2S/c1-13(2)24-17-8-6-5-7-16(17)18(22)20-15-11-9-14(10-12-15)19(23)21(3)4/h5-13H,1-4H3,(H,20,22). The largest absolute Gasteiger partial charge is 0.345 e. The molecular weight excluding hydrogens is 320 g/mol. The molecule has 0 aromatic heterocycles. The number of hydrogen-bond acceptors (Lipinski definition) is 3. The molecule has 2 aromatic rings. The molecule has 0 saturated carbocycles. The second-order valence-electron chi connectivity index (χ2n) is 5.89. The predicted octanol–water partition coefficient (Wildman–Crippen LogP) is 4.14. The van der Waals surface area contributed by atoms with Crippen molar-refractivity contribution in [1.82, 2.24) is 4.90 Å². The molecule has 126 valence electrons. The molecule has 0 aliphatic heterocycles. The van der Waals surface area contributed by atoms with Gasteiger partial charge >= 0.3 is 0 Å². The topological polar surface area (TPSA) is 49.4 Å². The lowest BCUT2D eigenvalue weighted by Crippen LogP contribution is -2.21. The number of nitrogens with zero attached hydrogens (tertiary/aromatic N) is 1. The average Bonchev–Trinajstić information content (AvgIpc) is 2.54. The Labute approximate surface area is 147 Å². The lowest BCUT2D eigenvalue weighted by molar-refractivity contribution is 0.0827. The molecule has 5 heteroatoms. The van der Waals surface area contributed by atoms with E-state index in [9.17, 15) is 9.59 Å². The van der Waals surface area contributed by atoms with E-state index < -0.39 is 0 Å². The summed E-state index contributed by atoms with van der Waals surface area (Å²) in [7, 11) is 3.42. The van der Waals surface area contributed by atoms with E-state index in [1.165, 1.54) is 4.90 Å². The smallest absolute Gasteiger partial charge is 0.256 e. The van der Waals surface area contributed by atoms with Crippen molar-refractivity contribution in [3.05, 3.63) is 59.7 Å². The molecule has 2 rings (SSSR count). The SMILES string of the molecule is CC(C)Sc1ccccc1C(=O)Nc1ccc(C(=O)N(C)C)cc1. The van der Waals surface area contributed by atoms with Crippen molar-refractivity contribution in [3.63, 3.8) is 0 Å². The summed E-state index contributed by atoms with van der Waals surface area (Å²) in [6, 6.07) is 14.5. The molecule has 0 fully saturated rings. The monoisotopic (exact) mass is 342 g/mol. The van der Waals surface area contributed by atoms with Crippen LogP contribution in [0.15, 0.2) is 53.4 Å². The van der Waals surface area contributed by atoms with Gasteiger partial charge in [0.15, 0.2) is 0 Å². The highest BCUT2D eigenvalue weighted by atomic mass is 32.2. The zero-order valence-corrected chi connectivity index (χ0v) is 15.2. The quantitative estimate of drug-likeness (QED) is 0.831. The Morgan fingerprint density at radius 2 is 1.62 bits per heavy atom. The van der Waals surface area contributed by atoms with E-state index in [4.69, 9.17) is 0 Å². The van der Waals surface area contributed by atoms with Crippen LogP contribution in [0, 0.1) is 0 Å². The molecule has 0 atom stereocenters. The summed E-state index contributed by atoms with van der Waals surface area (Å²) in [6.45, 7) is 4.19. The lowest BCUT2D eigenvalue weighted by Gasteiger charge is -2.13. The van der Waals surface area contributed by atoms with E-state index in [1.807, 2.05) is 24.3 Å². The number of carbonyl (C=O) groups is 2. The summed E-state index contributed by atoms with van der Waals surface area (Å²) in [6.07, 6.45) is 0. The van der Waals surface area contributed by atoms with Crippen molar-refractivity contribution in [2.75, 3.05) is 19.4 Å². The summed E-state index contributed by atoms with van der Waals surface area (Å²) >= 11 is 1.66. The van der Waals surface area contributed by atoms with Gasteiger partial charge in [0.25, 0.3) is 11.8 Å². The second kappa shape index (κ2) is 8.02. The van der Waals surface area contributed by atoms with Crippen LogP contribution in [0.4, 0.5) is 5.69 Å². The van der Waals surface area contributed by atoms with Gasteiger partial charge in [0.05, 0.1) is 5.56 Å². The van der Waals surface area contributed by atoms with Crippen LogP contribution in [0.1, 0.15) is 34.6 Å². The van der Waals surface area contributed by atoms with Crippen LogP contribution >= 0.6 is 11.8 Å². The fourth-order valence-electron chi connectivity index (χ4n) is 2.16. The van der Waals surface area contributed by atoms with Gasteiger partial charge in [0.1, 0.15) is 0 Å². The Morgan fingerprint density at radius 1 is 1.00 bits per heavy atom. The van der Waals surface area contributed by atoms with E-state index in [-0.39, 0.29) is 11.8 Å². The van der Waals surface area contributed by atoms with Crippen LogP contribution in [0.25, 0.3) is 0 Å². The molecule has 0 spiro atoms. The van der Waals surface area contributed by atoms with E-state index in [0.29, 0.717) is 22.1 Å². The number of carbonyl (C=O) groups excluding carboxylic acids is 2. The van der Waals surface area contributed by atoms with Crippen molar-refractivity contribution < 1.29 is 9.59 Å². The predicted molar refractivity (Wildman–Crippen MR) is 99.8 cm³/mol. The third kappa shape index (κ3) is 4.61. The third-order valence-electron chi connectivity index (χ3n) is 3.29. The van der Waals surface area contributed by atoms with Gasteiger partial charge in [0, 0.05) is 35.5 Å². The summed E-state index contributed by atoms with van der Waals surface area (Å²) in [5.41, 5.74) is 1.91. The Bertz CT molecular complexity index is 724. The van der Waals surface area contributed by atoms with Crippen LogP contribution < -0.4 is 5.32 Å². The Morgan fingerprint density at radius 3 is 2.21 bits per heavy atom. The first kappa shape index (κ1) is 18.1. The van der Waals surface area contributed by atoms with Crippen molar-refractivity contribution in [1.29, 1.82) is 0 Å². The number of rotatable bonds is 5. The van der Waals surface area contributed by atoms with Gasteiger partial charge in [-0.1, -0.05) is 26.0 Å². The van der Waals surface area contributed by atoms with Crippen molar-refractivity contribution in [2.45, 2.75) is 24.0 Å². The molecule has 0 saturated heterocycles. The van der Waals surface area contributed by atoms with E-state index in [1.54, 1.807) is 50.1 Å². The van der Waals surface area contributed by atoms with Gasteiger partial charge < -0.3 is 10.2 Å². The molecule has 0 aliphatic carbocycles. The summed E-state index contributed by atoms with van der Waals surface area (Å²) in [5, 5.41) is 3.29. The highest BCUT2D eigenvalue weighted by Crippen LogP contribution is 2.27. The summed E-state index contributed by atoms with van der Waals surface area (Å²) in [5.74, 6) is -0.211. The van der Waals surface area contributed by atoms with Crippen molar-refractivity contribution >= 4 is 29.3 Å². The first-order chi connectivity index (χ1) is 11.4.